The van der Waals surface area contributed by atoms with Crippen molar-refractivity contribution in [2.24, 2.45) is 0 Å². The van der Waals surface area contributed by atoms with Crippen LogP contribution in [0.1, 0.15) is 22.8 Å². The van der Waals surface area contributed by atoms with E-state index in [0.29, 0.717) is 16.3 Å². The second kappa shape index (κ2) is 7.76. The molecule has 7 nitrogen and oxygen atoms in total. The molecule has 0 saturated heterocycles. The number of hydrogen-bond donors (Lipinski definition) is 1. The number of hydrogen-bond acceptors (Lipinski definition) is 5. The summed E-state index contributed by atoms with van der Waals surface area (Å²) in [6, 6.07) is 10.3. The van der Waals surface area contributed by atoms with E-state index in [1.165, 1.54) is 32.0 Å². The third kappa shape index (κ3) is 4.77. The first-order chi connectivity index (χ1) is 11.8. The molecule has 0 aromatic heterocycles. The van der Waals surface area contributed by atoms with Gasteiger partial charge in [-0.25, -0.2) is 4.79 Å². The Morgan fingerprint density at radius 2 is 1.84 bits per heavy atom. The number of halogens is 1. The number of aryl methyl sites for hydroxylation is 1. The summed E-state index contributed by atoms with van der Waals surface area (Å²) in [5.41, 5.74) is 0.889. The lowest BCUT2D eigenvalue weighted by atomic mass is 10.1. The van der Waals surface area contributed by atoms with Crippen LogP contribution >= 0.6 is 11.6 Å². The zero-order valence-corrected chi connectivity index (χ0v) is 14.2. The zero-order valence-electron chi connectivity index (χ0n) is 13.5. The lowest BCUT2D eigenvalue weighted by Gasteiger charge is -2.14. The minimum atomic E-state index is -1.04. The molecule has 0 unspecified atom stereocenters. The fourth-order valence-electron chi connectivity index (χ4n) is 2.05. The number of nitro groups is 1. The molecule has 0 fully saturated rings. The van der Waals surface area contributed by atoms with Gasteiger partial charge in [0.25, 0.3) is 11.6 Å². The molecule has 2 rings (SSSR count). The summed E-state index contributed by atoms with van der Waals surface area (Å²) in [5.74, 6) is -1.24. The number of nitrogens with one attached hydrogen (secondary N) is 1. The average Bonchev–Trinajstić information content (AvgIpc) is 2.56. The van der Waals surface area contributed by atoms with Crippen LogP contribution in [0.15, 0.2) is 42.5 Å². The van der Waals surface area contributed by atoms with Crippen molar-refractivity contribution >= 4 is 34.9 Å². The number of benzene rings is 2. The molecule has 1 atom stereocenters. The molecule has 8 heteroatoms. The van der Waals surface area contributed by atoms with Crippen molar-refractivity contribution in [2.45, 2.75) is 20.0 Å². The van der Waals surface area contributed by atoms with E-state index < -0.39 is 22.9 Å². The van der Waals surface area contributed by atoms with E-state index in [0.717, 1.165) is 0 Å². The number of anilines is 1. The molecule has 1 amide bonds. The number of esters is 1. The number of nitrogens with zero attached hydrogens (tertiary/aromatic N) is 1. The molecular formula is C17H15ClN2O5. The van der Waals surface area contributed by atoms with Crippen molar-refractivity contribution in [3.63, 3.8) is 0 Å². The summed E-state index contributed by atoms with van der Waals surface area (Å²) in [7, 11) is 0. The first-order valence-corrected chi connectivity index (χ1v) is 7.68. The first kappa shape index (κ1) is 18.4. The van der Waals surface area contributed by atoms with Crippen LogP contribution in [0, 0.1) is 17.0 Å². The minimum Gasteiger partial charge on any atom is -0.449 e. The predicted octanol–water partition coefficient (Wildman–Crippen LogP) is 3.74. The van der Waals surface area contributed by atoms with E-state index >= 15 is 0 Å². The van der Waals surface area contributed by atoms with E-state index in [2.05, 4.69) is 5.32 Å². The Labute approximate surface area is 148 Å². The number of nitro benzene ring substituents is 1. The molecular weight excluding hydrogens is 348 g/mol. The van der Waals surface area contributed by atoms with Gasteiger partial charge in [-0.05, 0) is 50.2 Å². The summed E-state index contributed by atoms with van der Waals surface area (Å²) in [5, 5.41) is 13.9. The van der Waals surface area contributed by atoms with Gasteiger partial charge >= 0.3 is 5.97 Å². The third-order valence-corrected chi connectivity index (χ3v) is 3.65. The predicted molar refractivity (Wildman–Crippen MR) is 92.8 cm³/mol. The quantitative estimate of drug-likeness (QED) is 0.496. The van der Waals surface area contributed by atoms with Gasteiger partial charge in [-0.15, -0.1) is 0 Å². The number of carbonyl (C=O) groups is 2. The maximum absolute atomic E-state index is 12.1. The highest BCUT2D eigenvalue weighted by Gasteiger charge is 2.20. The Bertz CT molecular complexity index is 820. The largest absolute Gasteiger partial charge is 0.449 e. The molecule has 0 radical (unpaired) electrons. The highest BCUT2D eigenvalue weighted by molar-refractivity contribution is 6.30. The van der Waals surface area contributed by atoms with E-state index in [1.54, 1.807) is 24.3 Å². The zero-order chi connectivity index (χ0) is 18.6. The minimum absolute atomic E-state index is 0.0925. The van der Waals surface area contributed by atoms with Crippen LogP contribution in [0.25, 0.3) is 0 Å². The molecule has 0 spiro atoms. The molecule has 0 bridgehead atoms. The van der Waals surface area contributed by atoms with Crippen molar-refractivity contribution in [3.8, 4) is 0 Å². The van der Waals surface area contributed by atoms with Crippen molar-refractivity contribution in [1.82, 2.24) is 0 Å². The SMILES string of the molecule is Cc1cc(C(=O)O[C@H](C)C(=O)Nc2ccc(Cl)cc2)ccc1[N+](=O)[O-]. The molecule has 0 aliphatic carbocycles. The highest BCUT2D eigenvalue weighted by Crippen LogP contribution is 2.20. The average molecular weight is 363 g/mol. The van der Waals surface area contributed by atoms with Crippen LogP contribution in [0.2, 0.25) is 5.02 Å². The second-order valence-corrected chi connectivity index (χ2v) is 5.74. The van der Waals surface area contributed by atoms with E-state index in [4.69, 9.17) is 16.3 Å². The topological polar surface area (TPSA) is 98.5 Å². The van der Waals surface area contributed by atoms with E-state index in [-0.39, 0.29) is 11.3 Å². The van der Waals surface area contributed by atoms with Crippen LogP contribution < -0.4 is 5.32 Å². The first-order valence-electron chi connectivity index (χ1n) is 7.30. The molecule has 2 aromatic carbocycles. The summed E-state index contributed by atoms with van der Waals surface area (Å²) < 4.78 is 5.10. The van der Waals surface area contributed by atoms with Gasteiger partial charge in [-0.1, -0.05) is 11.6 Å². The van der Waals surface area contributed by atoms with Crippen LogP contribution in [0.4, 0.5) is 11.4 Å². The van der Waals surface area contributed by atoms with Crippen LogP contribution in [-0.4, -0.2) is 22.9 Å². The molecule has 0 heterocycles. The van der Waals surface area contributed by atoms with Crippen LogP contribution in [0.3, 0.4) is 0 Å². The van der Waals surface area contributed by atoms with Gasteiger partial charge in [0.15, 0.2) is 6.10 Å². The molecule has 25 heavy (non-hydrogen) atoms. The summed E-state index contributed by atoms with van der Waals surface area (Å²) >= 11 is 5.77. The Morgan fingerprint density at radius 1 is 1.20 bits per heavy atom. The van der Waals surface area contributed by atoms with Gasteiger partial charge < -0.3 is 10.1 Å². The third-order valence-electron chi connectivity index (χ3n) is 3.39. The monoisotopic (exact) mass is 362 g/mol. The Morgan fingerprint density at radius 3 is 2.40 bits per heavy atom. The van der Waals surface area contributed by atoms with Crippen molar-refractivity contribution in [2.75, 3.05) is 5.32 Å². The Hall–Kier alpha value is -2.93. The molecule has 0 saturated carbocycles. The van der Waals surface area contributed by atoms with Crippen molar-refractivity contribution in [1.29, 1.82) is 0 Å². The van der Waals surface area contributed by atoms with Gasteiger partial charge in [-0.2, -0.15) is 0 Å². The Balaban J connectivity index is 2.01. The molecule has 0 aliphatic heterocycles. The van der Waals surface area contributed by atoms with E-state index in [9.17, 15) is 19.7 Å². The van der Waals surface area contributed by atoms with Crippen LogP contribution in [-0.2, 0) is 9.53 Å². The molecule has 2 aromatic rings. The molecule has 1 N–H and O–H groups in total. The number of carbonyl (C=O) groups excluding carboxylic acids is 2. The number of ether oxygens (including phenoxy) is 1. The molecule has 130 valence electrons. The maximum atomic E-state index is 12.1. The van der Waals surface area contributed by atoms with Gasteiger partial charge in [0, 0.05) is 22.3 Å². The van der Waals surface area contributed by atoms with Gasteiger partial charge in [-0.3, -0.25) is 14.9 Å². The maximum Gasteiger partial charge on any atom is 0.338 e. The number of rotatable bonds is 5. The fraction of sp³-hybridized carbons (Fsp3) is 0.176. The van der Waals surface area contributed by atoms with Gasteiger partial charge in [0.2, 0.25) is 0 Å². The number of amides is 1. The standard InChI is InChI=1S/C17H15ClN2O5/c1-10-9-12(3-8-15(10)20(23)24)17(22)25-11(2)16(21)19-14-6-4-13(18)5-7-14/h3-9,11H,1-2H3,(H,19,21)/t11-/m1/s1. The smallest absolute Gasteiger partial charge is 0.338 e. The van der Waals surface area contributed by atoms with Gasteiger partial charge in [0.05, 0.1) is 10.5 Å². The second-order valence-electron chi connectivity index (χ2n) is 5.30. The van der Waals surface area contributed by atoms with E-state index in [1.807, 2.05) is 0 Å². The normalized spacial score (nSPS) is 11.5. The summed E-state index contributed by atoms with van der Waals surface area (Å²) in [4.78, 5) is 34.4. The fourth-order valence-corrected chi connectivity index (χ4v) is 2.17. The summed E-state index contributed by atoms with van der Waals surface area (Å²) in [6.07, 6.45) is -1.04. The van der Waals surface area contributed by atoms with Crippen LogP contribution in [0.5, 0.6) is 0 Å². The van der Waals surface area contributed by atoms with Crippen molar-refractivity contribution < 1.29 is 19.2 Å². The molecule has 0 aliphatic rings. The lowest BCUT2D eigenvalue weighted by Crippen LogP contribution is -2.30. The summed E-state index contributed by atoms with van der Waals surface area (Å²) in [6.45, 7) is 2.95. The van der Waals surface area contributed by atoms with Crippen molar-refractivity contribution in [3.05, 3.63) is 68.7 Å². The lowest BCUT2D eigenvalue weighted by molar-refractivity contribution is -0.385. The Kier molecular flexibility index (Phi) is 5.71. The highest BCUT2D eigenvalue weighted by atomic mass is 35.5. The van der Waals surface area contributed by atoms with Gasteiger partial charge in [0.1, 0.15) is 0 Å².